The number of anilines is 1. The lowest BCUT2D eigenvalue weighted by Crippen LogP contribution is -2.42. The number of hydrogen-bond donors (Lipinski definition) is 0. The number of ketones is 2. The molecule has 0 bridgehead atoms. The third kappa shape index (κ3) is 3.95. The standard InChI is InChI=1S/C28H28N2O5/c1-28(2)15-22-27(24(32)16-28)25(17-7-9-19(10-8-17)30(33)34)26-21(5-4-6-23(26)31)29(22)18-11-13-20(35-3)14-12-18/h7-14,25H,4-6,15-16H2,1-3H3. The van der Waals surface area contributed by atoms with Crippen molar-refractivity contribution in [2.24, 2.45) is 5.41 Å². The fourth-order valence-corrected chi connectivity index (χ4v) is 5.71. The third-order valence-corrected chi connectivity index (χ3v) is 7.21. The lowest BCUT2D eigenvalue weighted by molar-refractivity contribution is -0.384. The van der Waals surface area contributed by atoms with E-state index < -0.39 is 10.8 Å². The van der Waals surface area contributed by atoms with Crippen molar-refractivity contribution < 1.29 is 19.2 Å². The van der Waals surface area contributed by atoms with Gasteiger partial charge in [0.05, 0.1) is 12.0 Å². The topological polar surface area (TPSA) is 89.8 Å². The van der Waals surface area contributed by atoms with Crippen molar-refractivity contribution >= 4 is 22.9 Å². The van der Waals surface area contributed by atoms with Gasteiger partial charge in [-0.05, 0) is 54.5 Å². The number of nitrogens with zero attached hydrogens (tertiary/aromatic N) is 2. The van der Waals surface area contributed by atoms with Gasteiger partial charge in [0.25, 0.3) is 5.69 Å². The van der Waals surface area contributed by atoms with E-state index >= 15 is 0 Å². The van der Waals surface area contributed by atoms with Gasteiger partial charge in [-0.25, -0.2) is 0 Å². The second-order valence-corrected chi connectivity index (χ2v) is 10.3. The molecule has 1 atom stereocenters. The number of non-ortho nitro benzene ring substituents is 1. The number of ether oxygens (including phenoxy) is 1. The van der Waals surface area contributed by atoms with Crippen molar-refractivity contribution in [2.75, 3.05) is 12.0 Å². The molecule has 2 aromatic carbocycles. The SMILES string of the molecule is COc1ccc(N2C3=C(C(=O)CCC3)C(c3ccc([N+](=O)[O-])cc3)C3=C2CC(C)(C)CC3=O)cc1. The smallest absolute Gasteiger partial charge is 0.269 e. The van der Waals surface area contributed by atoms with Gasteiger partial charge in [-0.2, -0.15) is 0 Å². The van der Waals surface area contributed by atoms with E-state index in [1.807, 2.05) is 24.3 Å². The lowest BCUT2D eigenvalue weighted by atomic mass is 9.66. The highest BCUT2D eigenvalue weighted by Gasteiger charge is 2.47. The lowest BCUT2D eigenvalue weighted by Gasteiger charge is -2.47. The summed E-state index contributed by atoms with van der Waals surface area (Å²) in [6.07, 6.45) is 2.98. The summed E-state index contributed by atoms with van der Waals surface area (Å²) in [6, 6.07) is 14.0. The van der Waals surface area contributed by atoms with Crippen LogP contribution in [0.1, 0.15) is 57.4 Å². The Morgan fingerprint density at radius 2 is 1.57 bits per heavy atom. The van der Waals surface area contributed by atoms with Gasteiger partial charge in [0.2, 0.25) is 0 Å². The molecule has 180 valence electrons. The molecule has 2 aromatic rings. The summed E-state index contributed by atoms with van der Waals surface area (Å²) in [4.78, 5) is 40.1. The van der Waals surface area contributed by atoms with E-state index in [2.05, 4.69) is 18.7 Å². The molecule has 0 saturated heterocycles. The molecule has 0 N–H and O–H groups in total. The van der Waals surface area contributed by atoms with Crippen molar-refractivity contribution in [3.8, 4) is 5.75 Å². The minimum absolute atomic E-state index is 0.0149. The number of rotatable bonds is 4. The predicted molar refractivity (Wildman–Crippen MR) is 132 cm³/mol. The molecule has 0 fully saturated rings. The van der Waals surface area contributed by atoms with E-state index in [-0.39, 0.29) is 22.7 Å². The van der Waals surface area contributed by atoms with Gasteiger partial charge in [-0.1, -0.05) is 26.0 Å². The van der Waals surface area contributed by atoms with E-state index in [4.69, 9.17) is 4.74 Å². The Labute approximate surface area is 204 Å². The number of allylic oxidation sites excluding steroid dienone is 4. The maximum absolute atomic E-state index is 13.7. The fourth-order valence-electron chi connectivity index (χ4n) is 5.71. The summed E-state index contributed by atoms with van der Waals surface area (Å²) in [5, 5.41) is 11.2. The summed E-state index contributed by atoms with van der Waals surface area (Å²) < 4.78 is 5.34. The molecular formula is C28H28N2O5. The maximum atomic E-state index is 13.7. The first kappa shape index (κ1) is 23.0. The molecule has 3 aliphatic rings. The van der Waals surface area contributed by atoms with Crippen LogP contribution < -0.4 is 9.64 Å². The number of benzene rings is 2. The molecule has 7 nitrogen and oxygen atoms in total. The zero-order valence-electron chi connectivity index (χ0n) is 20.2. The summed E-state index contributed by atoms with van der Waals surface area (Å²) in [7, 11) is 1.62. The second-order valence-electron chi connectivity index (χ2n) is 10.3. The number of carbonyl (C=O) groups excluding carboxylic acids is 2. The van der Waals surface area contributed by atoms with Crippen LogP contribution in [-0.2, 0) is 9.59 Å². The van der Waals surface area contributed by atoms with Gasteiger partial charge < -0.3 is 9.64 Å². The van der Waals surface area contributed by atoms with Crippen molar-refractivity contribution in [3.63, 3.8) is 0 Å². The molecule has 1 heterocycles. The average Bonchev–Trinajstić information content (AvgIpc) is 2.82. The number of carbonyl (C=O) groups is 2. The van der Waals surface area contributed by atoms with Gasteiger partial charge in [0.1, 0.15) is 5.75 Å². The van der Waals surface area contributed by atoms with Crippen LogP contribution in [0, 0.1) is 15.5 Å². The normalized spacial score (nSPS) is 21.6. The first-order valence-corrected chi connectivity index (χ1v) is 11.9. The molecule has 0 radical (unpaired) electrons. The van der Waals surface area contributed by atoms with Crippen LogP contribution in [0.2, 0.25) is 0 Å². The molecule has 5 rings (SSSR count). The van der Waals surface area contributed by atoms with Gasteiger partial charge >= 0.3 is 0 Å². The van der Waals surface area contributed by atoms with Crippen molar-refractivity contribution in [3.05, 3.63) is 86.7 Å². The third-order valence-electron chi connectivity index (χ3n) is 7.21. The largest absolute Gasteiger partial charge is 0.497 e. The Bertz CT molecular complexity index is 1290. The molecule has 7 heteroatoms. The number of hydrogen-bond acceptors (Lipinski definition) is 6. The summed E-state index contributed by atoms with van der Waals surface area (Å²) >= 11 is 0. The Morgan fingerprint density at radius 1 is 0.914 bits per heavy atom. The van der Waals surface area contributed by atoms with Crippen molar-refractivity contribution in [1.82, 2.24) is 0 Å². The van der Waals surface area contributed by atoms with Crippen LogP contribution in [-0.4, -0.2) is 23.6 Å². The molecule has 0 saturated carbocycles. The van der Waals surface area contributed by atoms with Gasteiger partial charge in [0, 0.05) is 59.1 Å². The highest BCUT2D eigenvalue weighted by atomic mass is 16.6. The number of methoxy groups -OCH3 is 1. The van der Waals surface area contributed by atoms with E-state index in [1.165, 1.54) is 12.1 Å². The summed E-state index contributed by atoms with van der Waals surface area (Å²) in [5.74, 6) is 0.296. The Hall–Kier alpha value is -3.74. The van der Waals surface area contributed by atoms with Crippen LogP contribution in [0.4, 0.5) is 11.4 Å². The van der Waals surface area contributed by atoms with Crippen molar-refractivity contribution in [1.29, 1.82) is 0 Å². The highest BCUT2D eigenvalue weighted by Crippen LogP contribution is 2.53. The van der Waals surface area contributed by atoms with E-state index in [9.17, 15) is 19.7 Å². The van der Waals surface area contributed by atoms with E-state index in [1.54, 1.807) is 19.2 Å². The zero-order valence-corrected chi connectivity index (χ0v) is 20.2. The van der Waals surface area contributed by atoms with E-state index in [0.29, 0.717) is 30.4 Å². The van der Waals surface area contributed by atoms with Crippen LogP contribution >= 0.6 is 0 Å². The first-order valence-electron chi connectivity index (χ1n) is 11.9. The van der Waals surface area contributed by atoms with Crippen LogP contribution in [0.5, 0.6) is 5.75 Å². The first-order chi connectivity index (χ1) is 16.7. The summed E-state index contributed by atoms with van der Waals surface area (Å²) in [6.45, 7) is 4.19. The molecule has 0 spiro atoms. The molecule has 2 aliphatic carbocycles. The minimum atomic E-state index is -0.508. The van der Waals surface area contributed by atoms with Gasteiger partial charge in [-0.3, -0.25) is 19.7 Å². The monoisotopic (exact) mass is 472 g/mol. The number of Topliss-reactive ketones (excluding diaryl/α,β-unsaturated/α-hetero) is 2. The molecule has 0 amide bonds. The van der Waals surface area contributed by atoms with Crippen molar-refractivity contribution in [2.45, 2.75) is 51.9 Å². The zero-order chi connectivity index (χ0) is 24.9. The number of nitro groups is 1. The minimum Gasteiger partial charge on any atom is -0.497 e. The van der Waals surface area contributed by atoms with Crippen LogP contribution in [0.25, 0.3) is 0 Å². The molecule has 1 unspecified atom stereocenters. The molecule has 1 aliphatic heterocycles. The van der Waals surface area contributed by atoms with E-state index in [0.717, 1.165) is 41.2 Å². The predicted octanol–water partition coefficient (Wildman–Crippen LogP) is 5.86. The summed E-state index contributed by atoms with van der Waals surface area (Å²) in [5.41, 5.74) is 4.54. The van der Waals surface area contributed by atoms with Gasteiger partial charge in [0.15, 0.2) is 11.6 Å². The average molecular weight is 473 g/mol. The van der Waals surface area contributed by atoms with Gasteiger partial charge in [-0.15, -0.1) is 0 Å². The quantitative estimate of drug-likeness (QED) is 0.409. The number of nitro benzene ring substituents is 1. The highest BCUT2D eigenvalue weighted by molar-refractivity contribution is 6.08. The molecule has 35 heavy (non-hydrogen) atoms. The van der Waals surface area contributed by atoms with Crippen LogP contribution in [0.3, 0.4) is 0 Å². The molecule has 0 aromatic heterocycles. The Balaban J connectivity index is 1.76. The maximum Gasteiger partial charge on any atom is 0.269 e. The fraction of sp³-hybridized carbons (Fsp3) is 0.357. The van der Waals surface area contributed by atoms with Crippen LogP contribution in [0.15, 0.2) is 71.1 Å². The molecular weight excluding hydrogens is 444 g/mol. The second kappa shape index (κ2) is 8.48. The Kier molecular flexibility index (Phi) is 5.58. The Morgan fingerprint density at radius 3 is 2.20 bits per heavy atom.